The second kappa shape index (κ2) is 7.97. The van der Waals surface area contributed by atoms with E-state index in [9.17, 15) is 5.11 Å². The summed E-state index contributed by atoms with van der Waals surface area (Å²) in [5, 5.41) is 10.1. The molecule has 0 atom stereocenters. The van der Waals surface area contributed by atoms with E-state index in [1.54, 1.807) is 20.8 Å². The van der Waals surface area contributed by atoms with E-state index >= 15 is 0 Å². The van der Waals surface area contributed by atoms with Gasteiger partial charge in [0, 0.05) is 0 Å². The van der Waals surface area contributed by atoms with Crippen LogP contribution in [0.1, 0.15) is 20.8 Å². The van der Waals surface area contributed by atoms with Gasteiger partial charge in [-0.25, -0.2) is 8.42 Å². The van der Waals surface area contributed by atoms with Gasteiger partial charge in [0.05, 0.1) is 0 Å². The molecule has 0 radical (unpaired) electrons. The number of thiol groups is 1. The number of rotatable bonds is 0. The molecule has 10 heavy (non-hydrogen) atoms. The first kappa shape index (κ1) is 17.1. The van der Waals surface area contributed by atoms with Gasteiger partial charge < -0.3 is 5.11 Å². The van der Waals surface area contributed by atoms with Crippen molar-refractivity contribution in [2.75, 3.05) is 0 Å². The van der Waals surface area contributed by atoms with Crippen LogP contribution >= 0.6 is 0 Å². The standard InChI is InChI=1S/C4H9O.Na.H2O3S/c1-4(2,3)5;;1-4(2)3/h1-3H3;;4H,(H,1,2,3)/q-1;+1;. The van der Waals surface area contributed by atoms with Crippen molar-refractivity contribution in [3.8, 4) is 0 Å². The molecular formula is C4H11NaO4S. The minimum Gasteiger partial charge on any atom is -0.850 e. The van der Waals surface area contributed by atoms with Gasteiger partial charge in [-0.3, -0.25) is 4.55 Å². The van der Waals surface area contributed by atoms with Crippen molar-refractivity contribution in [1.29, 1.82) is 0 Å². The molecule has 0 unspecified atom stereocenters. The SMILES string of the molecule is CC(C)(C)[O-].O=[SH](=O)O.[Na+]. The topological polar surface area (TPSA) is 77.4 Å². The molecule has 0 bridgehead atoms. The second-order valence-corrected chi connectivity index (χ2v) is 2.83. The van der Waals surface area contributed by atoms with E-state index in [1.165, 1.54) is 0 Å². The van der Waals surface area contributed by atoms with Gasteiger partial charge in [-0.05, 0) is 0 Å². The first-order valence-electron chi connectivity index (χ1n) is 2.27. The molecule has 0 aliphatic carbocycles. The third-order valence-electron chi connectivity index (χ3n) is 0. The molecule has 0 heterocycles. The van der Waals surface area contributed by atoms with E-state index in [-0.39, 0.29) is 29.6 Å². The molecule has 0 saturated carbocycles. The Morgan fingerprint density at radius 2 is 1.30 bits per heavy atom. The van der Waals surface area contributed by atoms with E-state index in [2.05, 4.69) is 0 Å². The summed E-state index contributed by atoms with van der Waals surface area (Å²) in [6, 6.07) is 0. The molecular weight excluding hydrogens is 167 g/mol. The van der Waals surface area contributed by atoms with Crippen molar-refractivity contribution < 1.29 is 47.6 Å². The van der Waals surface area contributed by atoms with Crippen molar-refractivity contribution in [3.63, 3.8) is 0 Å². The van der Waals surface area contributed by atoms with E-state index in [1.807, 2.05) is 0 Å². The van der Waals surface area contributed by atoms with Crippen molar-refractivity contribution in [3.05, 3.63) is 0 Å². The van der Waals surface area contributed by atoms with Crippen LogP contribution in [0.3, 0.4) is 0 Å². The molecule has 0 aliphatic heterocycles. The summed E-state index contributed by atoms with van der Waals surface area (Å²) in [5.74, 6) is 0. The molecule has 58 valence electrons. The summed E-state index contributed by atoms with van der Waals surface area (Å²) < 4.78 is 24.2. The molecule has 0 fully saturated rings. The van der Waals surface area contributed by atoms with Crippen LogP contribution in [0, 0.1) is 0 Å². The smallest absolute Gasteiger partial charge is 0.850 e. The van der Waals surface area contributed by atoms with Gasteiger partial charge in [-0.15, -0.1) is 5.60 Å². The molecule has 0 aromatic heterocycles. The van der Waals surface area contributed by atoms with Crippen molar-refractivity contribution in [1.82, 2.24) is 0 Å². The third-order valence-corrected chi connectivity index (χ3v) is 0. The Hall–Kier alpha value is 0.870. The van der Waals surface area contributed by atoms with Gasteiger partial charge in [-0.1, -0.05) is 20.8 Å². The average molecular weight is 178 g/mol. The largest absolute Gasteiger partial charge is 1.00 e. The van der Waals surface area contributed by atoms with E-state index in [4.69, 9.17) is 13.0 Å². The van der Waals surface area contributed by atoms with Gasteiger partial charge in [0.25, 0.3) is 11.0 Å². The molecule has 0 rings (SSSR count). The summed E-state index contributed by atoms with van der Waals surface area (Å²) >= 11 is 0. The summed E-state index contributed by atoms with van der Waals surface area (Å²) in [6.45, 7) is 4.90. The fourth-order valence-corrected chi connectivity index (χ4v) is 0. The Kier molecular flexibility index (Phi) is 13.6. The Balaban J connectivity index is -0.0000000910. The normalized spacial score (nSPS) is 9.40. The second-order valence-electron chi connectivity index (χ2n) is 2.35. The Labute approximate surface area is 84.7 Å². The monoisotopic (exact) mass is 178 g/mol. The maximum absolute atomic E-state index is 10.1. The van der Waals surface area contributed by atoms with Gasteiger partial charge >= 0.3 is 29.6 Å². The van der Waals surface area contributed by atoms with Gasteiger partial charge in [0.15, 0.2) is 0 Å². The molecule has 0 aromatic rings. The van der Waals surface area contributed by atoms with Crippen molar-refractivity contribution in [2.45, 2.75) is 26.4 Å². The molecule has 0 aliphatic rings. The molecule has 1 N–H and O–H groups in total. The fraction of sp³-hybridized carbons (Fsp3) is 1.00. The zero-order valence-electron chi connectivity index (χ0n) is 6.62. The van der Waals surface area contributed by atoms with E-state index in [0.717, 1.165) is 0 Å². The van der Waals surface area contributed by atoms with E-state index < -0.39 is 16.6 Å². The van der Waals surface area contributed by atoms with Gasteiger partial charge in [-0.2, -0.15) is 0 Å². The summed E-state index contributed by atoms with van der Waals surface area (Å²) in [7, 11) is -3.12. The van der Waals surface area contributed by atoms with Crippen molar-refractivity contribution in [2.24, 2.45) is 0 Å². The molecule has 6 heteroatoms. The minimum absolute atomic E-state index is 0. The van der Waals surface area contributed by atoms with Crippen LogP contribution < -0.4 is 34.7 Å². The predicted octanol–water partition coefficient (Wildman–Crippen LogP) is -3.78. The first-order chi connectivity index (χ1) is 3.73. The minimum atomic E-state index is -3.12. The Bertz CT molecular complexity index is 112. The zero-order valence-corrected chi connectivity index (χ0v) is 9.51. The van der Waals surface area contributed by atoms with Gasteiger partial charge in [0.1, 0.15) is 0 Å². The van der Waals surface area contributed by atoms with E-state index in [0.29, 0.717) is 0 Å². The van der Waals surface area contributed by atoms with Crippen molar-refractivity contribution >= 4 is 11.0 Å². The third kappa shape index (κ3) is 726. The molecule has 0 spiro atoms. The molecule has 0 amide bonds. The maximum Gasteiger partial charge on any atom is 1.00 e. The van der Waals surface area contributed by atoms with Crippen LogP contribution in [-0.2, 0) is 11.0 Å². The molecule has 0 saturated heterocycles. The summed E-state index contributed by atoms with van der Waals surface area (Å²) in [4.78, 5) is 0. The summed E-state index contributed by atoms with van der Waals surface area (Å²) in [5.41, 5.74) is -0.750. The van der Waals surface area contributed by atoms with Crippen LogP contribution in [0.5, 0.6) is 0 Å². The Morgan fingerprint density at radius 3 is 1.30 bits per heavy atom. The van der Waals surface area contributed by atoms with Crippen LogP contribution in [0.25, 0.3) is 0 Å². The number of hydrogen-bond donors (Lipinski definition) is 2. The quantitative estimate of drug-likeness (QED) is 0.227. The van der Waals surface area contributed by atoms with Crippen LogP contribution in [0.2, 0.25) is 0 Å². The van der Waals surface area contributed by atoms with Crippen LogP contribution in [0.15, 0.2) is 0 Å². The average Bonchev–Trinajstić information content (AvgIpc) is 1.19. The first-order valence-corrected chi connectivity index (χ1v) is 3.40. The summed E-state index contributed by atoms with van der Waals surface area (Å²) in [6.07, 6.45) is 0. The van der Waals surface area contributed by atoms with Gasteiger partial charge in [0.2, 0.25) is 0 Å². The predicted molar refractivity (Wildman–Crippen MR) is 32.7 cm³/mol. The maximum atomic E-state index is 10.1. The number of hydrogen-bond acceptors (Lipinski definition) is 3. The Morgan fingerprint density at radius 1 is 1.30 bits per heavy atom. The van der Waals surface area contributed by atoms with Crippen LogP contribution in [0.4, 0.5) is 0 Å². The molecule has 0 aromatic carbocycles. The van der Waals surface area contributed by atoms with Crippen LogP contribution in [-0.4, -0.2) is 18.6 Å². The fourth-order valence-electron chi connectivity index (χ4n) is 0. The molecule has 4 nitrogen and oxygen atoms in total. The zero-order chi connectivity index (χ0) is 8.08.